The molecule has 0 aromatic carbocycles. The molecule has 0 spiro atoms. The van der Waals surface area contributed by atoms with Gasteiger partial charge in [0.1, 0.15) is 0 Å². The van der Waals surface area contributed by atoms with Gasteiger partial charge in [-0.25, -0.2) is 0 Å². The quantitative estimate of drug-likeness (QED) is 0.494. The number of rotatable bonds is 0. The zero-order valence-corrected chi connectivity index (χ0v) is 5.70. The van der Waals surface area contributed by atoms with Crippen LogP contribution in [0.3, 0.4) is 0 Å². The fourth-order valence-electron chi connectivity index (χ4n) is 0.732. The van der Waals surface area contributed by atoms with Crippen molar-refractivity contribution in [1.82, 2.24) is 5.32 Å². The molecule has 0 saturated carbocycles. The van der Waals surface area contributed by atoms with Gasteiger partial charge in [-0.2, -0.15) is 0 Å². The van der Waals surface area contributed by atoms with Gasteiger partial charge in [-0.1, -0.05) is 18.5 Å². The minimum atomic E-state index is 0.748. The van der Waals surface area contributed by atoms with Crippen molar-refractivity contribution in [2.75, 3.05) is 6.54 Å². The largest absolute Gasteiger partial charge is 0.376 e. The molecule has 0 saturated heterocycles. The summed E-state index contributed by atoms with van der Waals surface area (Å²) < 4.78 is 0. The lowest BCUT2D eigenvalue weighted by Crippen LogP contribution is -2.22. The summed E-state index contributed by atoms with van der Waals surface area (Å²) in [4.78, 5) is 0. The van der Waals surface area contributed by atoms with E-state index in [4.69, 9.17) is 11.6 Å². The molecule has 0 bridgehead atoms. The van der Waals surface area contributed by atoms with Crippen LogP contribution < -0.4 is 5.32 Å². The smallest absolute Gasteiger partial charge is 0.0977 e. The molecule has 0 radical (unpaired) electrons. The van der Waals surface area contributed by atoms with Gasteiger partial charge in [0.15, 0.2) is 0 Å². The van der Waals surface area contributed by atoms with Crippen molar-refractivity contribution >= 4 is 11.6 Å². The summed E-state index contributed by atoms with van der Waals surface area (Å²) >= 11 is 5.63. The Morgan fingerprint density at radius 2 is 2.62 bits per heavy atom. The van der Waals surface area contributed by atoms with E-state index in [1.54, 1.807) is 0 Å². The van der Waals surface area contributed by atoms with Crippen LogP contribution in [-0.2, 0) is 0 Å². The molecule has 1 nitrogen and oxygen atoms in total. The summed E-state index contributed by atoms with van der Waals surface area (Å²) in [5.74, 6) is 0.748. The Labute approximate surface area is 54.7 Å². The molecule has 0 aromatic rings. The zero-order chi connectivity index (χ0) is 5.98. The third kappa shape index (κ3) is 1.41. The molecule has 0 amide bonds. The Morgan fingerprint density at radius 3 is 3.00 bits per heavy atom. The second-order valence-corrected chi connectivity index (χ2v) is 2.68. The summed E-state index contributed by atoms with van der Waals surface area (Å²) in [5, 5.41) is 3.87. The number of allylic oxidation sites excluding steroid dienone is 1. The van der Waals surface area contributed by atoms with Crippen LogP contribution >= 0.6 is 11.6 Å². The van der Waals surface area contributed by atoms with Gasteiger partial charge >= 0.3 is 0 Å². The predicted molar refractivity (Wildman–Crippen MR) is 35.7 cm³/mol. The predicted octanol–water partition coefficient (Wildman–Crippen LogP) is 1.70. The van der Waals surface area contributed by atoms with Gasteiger partial charge in [-0.15, -0.1) is 0 Å². The lowest BCUT2D eigenvalue weighted by molar-refractivity contribution is 0.535. The second kappa shape index (κ2) is 2.40. The topological polar surface area (TPSA) is 12.0 Å². The summed E-state index contributed by atoms with van der Waals surface area (Å²) in [7, 11) is 0. The molecule has 1 unspecified atom stereocenters. The minimum absolute atomic E-state index is 0.748. The molecule has 1 aliphatic rings. The van der Waals surface area contributed by atoms with E-state index in [1.807, 2.05) is 6.08 Å². The van der Waals surface area contributed by atoms with Crippen LogP contribution in [0.5, 0.6) is 0 Å². The average molecular weight is 132 g/mol. The van der Waals surface area contributed by atoms with Gasteiger partial charge in [-0.05, 0) is 18.4 Å². The van der Waals surface area contributed by atoms with Crippen LogP contribution in [0.2, 0.25) is 0 Å². The normalized spacial score (nSPS) is 28.8. The molecule has 2 heteroatoms. The third-order valence-electron chi connectivity index (χ3n) is 1.32. The monoisotopic (exact) mass is 131 g/mol. The Morgan fingerprint density at radius 1 is 1.88 bits per heavy atom. The summed E-state index contributed by atoms with van der Waals surface area (Å²) in [6.45, 7) is 3.22. The van der Waals surface area contributed by atoms with Crippen molar-refractivity contribution in [3.8, 4) is 0 Å². The zero-order valence-electron chi connectivity index (χ0n) is 4.95. The van der Waals surface area contributed by atoms with Crippen LogP contribution in [0.1, 0.15) is 13.3 Å². The molecule has 1 rings (SSSR count). The fourth-order valence-corrected chi connectivity index (χ4v) is 0.898. The van der Waals surface area contributed by atoms with Crippen molar-refractivity contribution in [2.24, 2.45) is 5.92 Å². The lowest BCUT2D eigenvalue weighted by Gasteiger charge is -2.15. The van der Waals surface area contributed by atoms with Gasteiger partial charge in [0.25, 0.3) is 0 Å². The first-order valence-electron chi connectivity index (χ1n) is 2.88. The first-order valence-corrected chi connectivity index (χ1v) is 3.26. The Balaban J connectivity index is 2.42. The molecular weight excluding hydrogens is 122 g/mol. The maximum atomic E-state index is 5.63. The van der Waals surface area contributed by atoms with E-state index in [-0.39, 0.29) is 0 Å². The highest BCUT2D eigenvalue weighted by Crippen LogP contribution is 2.11. The van der Waals surface area contributed by atoms with E-state index in [9.17, 15) is 0 Å². The van der Waals surface area contributed by atoms with Crippen LogP contribution in [0.25, 0.3) is 0 Å². The highest BCUT2D eigenvalue weighted by Gasteiger charge is 2.05. The van der Waals surface area contributed by atoms with Gasteiger partial charge in [0.05, 0.1) is 5.16 Å². The summed E-state index contributed by atoms with van der Waals surface area (Å²) in [6, 6.07) is 0. The van der Waals surface area contributed by atoms with Crippen molar-refractivity contribution < 1.29 is 0 Å². The molecule has 1 N–H and O–H groups in total. The molecule has 46 valence electrons. The average Bonchev–Trinajstić information content (AvgIpc) is 1.77. The van der Waals surface area contributed by atoms with E-state index in [0.29, 0.717) is 0 Å². The number of halogens is 1. The summed E-state index contributed by atoms with van der Waals surface area (Å²) in [5.41, 5.74) is 0. The van der Waals surface area contributed by atoms with Gasteiger partial charge in [0, 0.05) is 6.54 Å². The van der Waals surface area contributed by atoms with Crippen molar-refractivity contribution in [3.05, 3.63) is 11.2 Å². The molecule has 8 heavy (non-hydrogen) atoms. The van der Waals surface area contributed by atoms with Gasteiger partial charge in [0.2, 0.25) is 0 Å². The number of hydrogen-bond donors (Lipinski definition) is 1. The highest BCUT2D eigenvalue weighted by molar-refractivity contribution is 6.29. The molecule has 0 aromatic heterocycles. The Bertz CT molecular complexity index is 109. The van der Waals surface area contributed by atoms with Crippen molar-refractivity contribution in [1.29, 1.82) is 0 Å². The second-order valence-electron chi connectivity index (χ2n) is 2.27. The Kier molecular flexibility index (Phi) is 1.79. The highest BCUT2D eigenvalue weighted by atomic mass is 35.5. The maximum Gasteiger partial charge on any atom is 0.0977 e. The molecule has 1 atom stereocenters. The SMILES string of the molecule is CC1CC=C(Cl)NC1. The first-order chi connectivity index (χ1) is 3.79. The standard InChI is InChI=1S/C6H10ClN/c1-5-2-3-6(7)8-4-5/h3,5,8H,2,4H2,1H3. The van der Waals surface area contributed by atoms with Crippen LogP contribution in [0.4, 0.5) is 0 Å². The number of nitrogens with one attached hydrogen (secondary N) is 1. The lowest BCUT2D eigenvalue weighted by atomic mass is 10.1. The van der Waals surface area contributed by atoms with E-state index in [1.165, 1.54) is 0 Å². The van der Waals surface area contributed by atoms with Gasteiger partial charge in [-0.3, -0.25) is 0 Å². The van der Waals surface area contributed by atoms with E-state index in [0.717, 1.165) is 24.0 Å². The fraction of sp³-hybridized carbons (Fsp3) is 0.667. The molecular formula is C6H10ClN. The molecule has 1 aliphatic heterocycles. The number of hydrogen-bond acceptors (Lipinski definition) is 1. The molecule has 1 heterocycles. The maximum absolute atomic E-state index is 5.63. The third-order valence-corrected chi connectivity index (χ3v) is 1.61. The van der Waals surface area contributed by atoms with Crippen molar-refractivity contribution in [2.45, 2.75) is 13.3 Å². The van der Waals surface area contributed by atoms with Crippen molar-refractivity contribution in [3.63, 3.8) is 0 Å². The van der Waals surface area contributed by atoms with Gasteiger partial charge < -0.3 is 5.32 Å². The van der Waals surface area contributed by atoms with E-state index < -0.39 is 0 Å². The molecule has 0 aliphatic carbocycles. The van der Waals surface area contributed by atoms with E-state index in [2.05, 4.69) is 12.2 Å². The summed E-state index contributed by atoms with van der Waals surface area (Å²) in [6.07, 6.45) is 3.14. The first kappa shape index (κ1) is 5.96. The minimum Gasteiger partial charge on any atom is -0.376 e. The van der Waals surface area contributed by atoms with Crippen LogP contribution in [0.15, 0.2) is 11.2 Å². The molecule has 0 fully saturated rings. The van der Waals surface area contributed by atoms with Crippen LogP contribution in [0, 0.1) is 5.92 Å². The Hall–Kier alpha value is -0.170. The van der Waals surface area contributed by atoms with E-state index >= 15 is 0 Å². The van der Waals surface area contributed by atoms with Crippen LogP contribution in [-0.4, -0.2) is 6.54 Å².